The SMILES string of the molecule is O=C(NC1CC1)[C@@H]1CCCN(C2CCN(CCOc3ccccc3)CC2)C1. The summed E-state index contributed by atoms with van der Waals surface area (Å²) in [5.41, 5.74) is 0. The Labute approximate surface area is 163 Å². The first-order valence-corrected chi connectivity index (χ1v) is 10.7. The van der Waals surface area contributed by atoms with Gasteiger partial charge in [-0.15, -0.1) is 0 Å². The number of ether oxygens (including phenoxy) is 1. The number of nitrogens with one attached hydrogen (secondary N) is 1. The van der Waals surface area contributed by atoms with Crippen molar-refractivity contribution in [2.75, 3.05) is 39.3 Å². The van der Waals surface area contributed by atoms with Gasteiger partial charge in [-0.2, -0.15) is 0 Å². The molecule has 3 fully saturated rings. The van der Waals surface area contributed by atoms with Crippen LogP contribution in [-0.4, -0.2) is 67.1 Å². The first kappa shape index (κ1) is 18.8. The maximum atomic E-state index is 12.4. The normalized spacial score (nSPS) is 25.3. The first-order valence-electron chi connectivity index (χ1n) is 10.7. The van der Waals surface area contributed by atoms with Gasteiger partial charge in [-0.05, 0) is 70.3 Å². The van der Waals surface area contributed by atoms with Crippen LogP contribution in [0, 0.1) is 5.92 Å². The van der Waals surface area contributed by atoms with E-state index in [9.17, 15) is 4.79 Å². The number of carbonyl (C=O) groups is 1. The number of para-hydroxylation sites is 1. The predicted molar refractivity (Wildman–Crippen MR) is 107 cm³/mol. The number of carbonyl (C=O) groups excluding carboxylic acids is 1. The highest BCUT2D eigenvalue weighted by Crippen LogP contribution is 2.26. The molecule has 0 radical (unpaired) electrons. The Morgan fingerprint density at radius 2 is 1.81 bits per heavy atom. The molecule has 2 heterocycles. The monoisotopic (exact) mass is 371 g/mol. The summed E-state index contributed by atoms with van der Waals surface area (Å²) in [6.45, 7) is 6.14. The van der Waals surface area contributed by atoms with Gasteiger partial charge >= 0.3 is 0 Å². The van der Waals surface area contributed by atoms with E-state index in [0.29, 0.717) is 18.0 Å². The highest BCUT2D eigenvalue weighted by atomic mass is 16.5. The number of hydrogen-bond donors (Lipinski definition) is 1. The Bertz CT molecular complexity index is 597. The van der Waals surface area contributed by atoms with E-state index in [4.69, 9.17) is 4.74 Å². The second kappa shape index (κ2) is 9.07. The fourth-order valence-corrected chi connectivity index (χ4v) is 4.42. The Morgan fingerprint density at radius 1 is 1.04 bits per heavy atom. The molecule has 4 rings (SSSR count). The number of hydrogen-bond acceptors (Lipinski definition) is 4. The highest BCUT2D eigenvalue weighted by Gasteiger charge is 2.33. The smallest absolute Gasteiger partial charge is 0.224 e. The molecule has 1 amide bonds. The van der Waals surface area contributed by atoms with Crippen molar-refractivity contribution in [1.29, 1.82) is 0 Å². The van der Waals surface area contributed by atoms with Crippen LogP contribution < -0.4 is 10.1 Å². The second-order valence-electron chi connectivity index (χ2n) is 8.35. The van der Waals surface area contributed by atoms with Crippen LogP contribution in [0.3, 0.4) is 0 Å². The van der Waals surface area contributed by atoms with Gasteiger partial charge in [0.05, 0.1) is 5.92 Å². The number of amides is 1. The van der Waals surface area contributed by atoms with E-state index in [1.807, 2.05) is 30.3 Å². The zero-order chi connectivity index (χ0) is 18.5. The first-order chi connectivity index (χ1) is 13.3. The van der Waals surface area contributed by atoms with Crippen molar-refractivity contribution in [3.63, 3.8) is 0 Å². The van der Waals surface area contributed by atoms with E-state index in [-0.39, 0.29) is 5.92 Å². The van der Waals surface area contributed by atoms with Gasteiger partial charge in [0, 0.05) is 25.2 Å². The van der Waals surface area contributed by atoms with Gasteiger partial charge in [0.1, 0.15) is 12.4 Å². The zero-order valence-electron chi connectivity index (χ0n) is 16.3. The second-order valence-corrected chi connectivity index (χ2v) is 8.35. The fraction of sp³-hybridized carbons (Fsp3) is 0.682. The maximum absolute atomic E-state index is 12.4. The van der Waals surface area contributed by atoms with Crippen molar-refractivity contribution in [2.45, 2.75) is 50.6 Å². The van der Waals surface area contributed by atoms with Crippen molar-refractivity contribution in [3.05, 3.63) is 30.3 Å². The summed E-state index contributed by atoms with van der Waals surface area (Å²) >= 11 is 0. The molecule has 1 aromatic rings. The molecule has 0 aromatic heterocycles. The Morgan fingerprint density at radius 3 is 2.56 bits per heavy atom. The van der Waals surface area contributed by atoms with Crippen LogP contribution in [0.5, 0.6) is 5.75 Å². The molecule has 1 aliphatic carbocycles. The van der Waals surface area contributed by atoms with Crippen molar-refractivity contribution in [1.82, 2.24) is 15.1 Å². The molecule has 1 aromatic carbocycles. The molecule has 2 aliphatic heterocycles. The summed E-state index contributed by atoms with van der Waals surface area (Å²) < 4.78 is 5.83. The van der Waals surface area contributed by atoms with E-state index >= 15 is 0 Å². The van der Waals surface area contributed by atoms with Crippen LogP contribution in [0.2, 0.25) is 0 Å². The van der Waals surface area contributed by atoms with E-state index in [1.165, 1.54) is 25.7 Å². The van der Waals surface area contributed by atoms with Crippen LogP contribution in [0.15, 0.2) is 30.3 Å². The number of piperidine rings is 2. The summed E-state index contributed by atoms with van der Waals surface area (Å²) in [7, 11) is 0. The van der Waals surface area contributed by atoms with Crippen LogP contribution in [-0.2, 0) is 4.79 Å². The largest absolute Gasteiger partial charge is 0.492 e. The predicted octanol–water partition coefficient (Wildman–Crippen LogP) is 2.52. The van der Waals surface area contributed by atoms with Gasteiger partial charge in [0.25, 0.3) is 0 Å². The summed E-state index contributed by atoms with van der Waals surface area (Å²) in [6, 6.07) is 11.2. The summed E-state index contributed by atoms with van der Waals surface area (Å²) in [4.78, 5) is 17.5. The number of nitrogens with zero attached hydrogens (tertiary/aromatic N) is 2. The molecule has 148 valence electrons. The Balaban J connectivity index is 1.16. The molecule has 1 atom stereocenters. The minimum Gasteiger partial charge on any atom is -0.492 e. The van der Waals surface area contributed by atoms with Crippen molar-refractivity contribution < 1.29 is 9.53 Å². The topological polar surface area (TPSA) is 44.8 Å². The Hall–Kier alpha value is -1.59. The molecular weight excluding hydrogens is 338 g/mol. The average molecular weight is 372 g/mol. The third kappa shape index (κ3) is 5.45. The van der Waals surface area contributed by atoms with Crippen molar-refractivity contribution in [2.24, 2.45) is 5.92 Å². The lowest BCUT2D eigenvalue weighted by Crippen LogP contribution is -2.51. The van der Waals surface area contributed by atoms with Gasteiger partial charge in [0.2, 0.25) is 5.91 Å². The molecule has 27 heavy (non-hydrogen) atoms. The fourth-order valence-electron chi connectivity index (χ4n) is 4.42. The number of likely N-dealkylation sites (tertiary alicyclic amines) is 2. The lowest BCUT2D eigenvalue weighted by atomic mass is 9.93. The van der Waals surface area contributed by atoms with Crippen LogP contribution >= 0.6 is 0 Å². The van der Waals surface area contributed by atoms with E-state index in [2.05, 4.69) is 15.1 Å². The average Bonchev–Trinajstić information content (AvgIpc) is 3.53. The van der Waals surface area contributed by atoms with Gasteiger partial charge in [-0.25, -0.2) is 0 Å². The molecule has 5 nitrogen and oxygen atoms in total. The lowest BCUT2D eigenvalue weighted by molar-refractivity contribution is -0.127. The van der Waals surface area contributed by atoms with E-state index in [0.717, 1.165) is 57.9 Å². The van der Waals surface area contributed by atoms with E-state index in [1.54, 1.807) is 0 Å². The van der Waals surface area contributed by atoms with Crippen LogP contribution in [0.1, 0.15) is 38.5 Å². The number of benzene rings is 1. The molecule has 0 unspecified atom stereocenters. The van der Waals surface area contributed by atoms with Crippen molar-refractivity contribution in [3.8, 4) is 5.75 Å². The number of rotatable bonds is 7. The zero-order valence-corrected chi connectivity index (χ0v) is 16.3. The quantitative estimate of drug-likeness (QED) is 0.800. The van der Waals surface area contributed by atoms with Crippen LogP contribution in [0.25, 0.3) is 0 Å². The van der Waals surface area contributed by atoms with Crippen molar-refractivity contribution >= 4 is 5.91 Å². The van der Waals surface area contributed by atoms with Gasteiger partial charge < -0.3 is 10.1 Å². The molecule has 1 N–H and O–H groups in total. The highest BCUT2D eigenvalue weighted by molar-refractivity contribution is 5.79. The standard InChI is InChI=1S/C22H33N3O2/c26-22(23-19-8-9-19)18-5-4-12-25(17-18)20-10-13-24(14-11-20)15-16-27-21-6-2-1-3-7-21/h1-3,6-7,18-20H,4-5,8-17H2,(H,23,26)/t18-/m1/s1. The summed E-state index contributed by atoms with van der Waals surface area (Å²) in [6.07, 6.45) is 6.99. The minimum absolute atomic E-state index is 0.205. The van der Waals surface area contributed by atoms with Crippen LogP contribution in [0.4, 0.5) is 0 Å². The molecule has 0 bridgehead atoms. The molecule has 3 aliphatic rings. The maximum Gasteiger partial charge on any atom is 0.224 e. The third-order valence-electron chi connectivity index (χ3n) is 6.24. The van der Waals surface area contributed by atoms with E-state index < -0.39 is 0 Å². The van der Waals surface area contributed by atoms with Gasteiger partial charge in [0.15, 0.2) is 0 Å². The lowest BCUT2D eigenvalue weighted by Gasteiger charge is -2.42. The third-order valence-corrected chi connectivity index (χ3v) is 6.24. The Kier molecular flexibility index (Phi) is 6.30. The summed E-state index contributed by atoms with van der Waals surface area (Å²) in [5, 5.41) is 3.20. The molecule has 5 heteroatoms. The van der Waals surface area contributed by atoms with Gasteiger partial charge in [-0.1, -0.05) is 18.2 Å². The molecular formula is C22H33N3O2. The van der Waals surface area contributed by atoms with Gasteiger partial charge in [-0.3, -0.25) is 14.6 Å². The molecule has 2 saturated heterocycles. The minimum atomic E-state index is 0.205. The molecule has 1 saturated carbocycles. The molecule has 0 spiro atoms. The summed E-state index contributed by atoms with van der Waals surface area (Å²) in [5.74, 6) is 1.46.